The normalized spacial score (nSPS) is 12.9. The molecule has 37 heavy (non-hydrogen) atoms. The van der Waals surface area contributed by atoms with Gasteiger partial charge in [0.25, 0.3) is 5.91 Å². The largest absolute Gasteiger partial charge is 0.465 e. The Bertz CT molecular complexity index is 1470. The molecule has 0 spiro atoms. The van der Waals surface area contributed by atoms with Gasteiger partial charge in [-0.05, 0) is 67.1 Å². The van der Waals surface area contributed by atoms with Crippen LogP contribution in [0.5, 0.6) is 0 Å². The minimum atomic E-state index is -0.478. The van der Waals surface area contributed by atoms with Gasteiger partial charge in [-0.2, -0.15) is 0 Å². The van der Waals surface area contributed by atoms with E-state index in [0.717, 1.165) is 36.8 Å². The number of aliphatic imine (C=N–C) groups is 1. The van der Waals surface area contributed by atoms with Crippen LogP contribution >= 0.6 is 22.9 Å². The molecule has 2 aromatic heterocycles. The zero-order valence-electron chi connectivity index (χ0n) is 20.3. The Morgan fingerprint density at radius 1 is 1.11 bits per heavy atom. The molecule has 4 aromatic rings. The summed E-state index contributed by atoms with van der Waals surface area (Å²) in [5, 5.41) is 4.21. The highest BCUT2D eigenvalue weighted by atomic mass is 35.5. The summed E-state index contributed by atoms with van der Waals surface area (Å²) in [6.45, 7) is 0.456. The third-order valence-electron chi connectivity index (χ3n) is 6.26. The maximum absolute atomic E-state index is 13.3. The summed E-state index contributed by atoms with van der Waals surface area (Å²) >= 11 is 7.73. The van der Waals surface area contributed by atoms with E-state index in [2.05, 4.69) is 10.3 Å². The van der Waals surface area contributed by atoms with Crippen molar-refractivity contribution in [3.8, 4) is 11.3 Å². The molecule has 1 aliphatic rings. The van der Waals surface area contributed by atoms with E-state index in [1.165, 1.54) is 12.0 Å². The number of esters is 1. The van der Waals surface area contributed by atoms with Crippen LogP contribution in [-0.4, -0.2) is 25.2 Å². The van der Waals surface area contributed by atoms with E-state index in [-0.39, 0.29) is 5.91 Å². The Kier molecular flexibility index (Phi) is 7.53. The highest BCUT2D eigenvalue weighted by molar-refractivity contribution is 7.16. The molecule has 0 atom stereocenters. The number of rotatable bonds is 7. The minimum Gasteiger partial charge on any atom is -0.465 e. The Morgan fingerprint density at radius 3 is 2.73 bits per heavy atom. The van der Waals surface area contributed by atoms with E-state index in [1.54, 1.807) is 47.9 Å². The van der Waals surface area contributed by atoms with E-state index in [4.69, 9.17) is 20.8 Å². The van der Waals surface area contributed by atoms with Gasteiger partial charge in [-0.25, -0.2) is 9.79 Å². The Morgan fingerprint density at radius 2 is 1.92 bits per heavy atom. The quantitative estimate of drug-likeness (QED) is 0.205. The highest BCUT2D eigenvalue weighted by Crippen LogP contribution is 2.40. The van der Waals surface area contributed by atoms with Crippen molar-refractivity contribution in [3.63, 3.8) is 0 Å². The van der Waals surface area contributed by atoms with Crippen LogP contribution in [0.4, 0.5) is 5.00 Å². The van der Waals surface area contributed by atoms with Gasteiger partial charge in [0, 0.05) is 22.0 Å². The number of halogens is 1. The van der Waals surface area contributed by atoms with Crippen LogP contribution in [0.3, 0.4) is 0 Å². The summed E-state index contributed by atoms with van der Waals surface area (Å²) < 4.78 is 10.9. The van der Waals surface area contributed by atoms with Crippen LogP contribution in [0.25, 0.3) is 11.3 Å². The molecule has 8 heteroatoms. The summed E-state index contributed by atoms with van der Waals surface area (Å²) in [4.78, 5) is 31.4. The second kappa shape index (κ2) is 11.2. The van der Waals surface area contributed by atoms with Gasteiger partial charge in [-0.15, -0.1) is 11.3 Å². The fourth-order valence-electron chi connectivity index (χ4n) is 4.44. The Hall–Kier alpha value is -3.68. The number of ether oxygens (including phenoxy) is 1. The minimum absolute atomic E-state index is 0.114. The molecule has 0 aliphatic heterocycles. The van der Waals surface area contributed by atoms with Crippen molar-refractivity contribution < 1.29 is 18.7 Å². The van der Waals surface area contributed by atoms with Gasteiger partial charge in [0.15, 0.2) is 0 Å². The SMILES string of the molecule is COC(=O)c1ccc(Cl)cc1-c1ccc(C=Nc2sc3c(c2C(=O)NCc2ccccc2)CCCC3)o1. The molecule has 0 fully saturated rings. The third kappa shape index (κ3) is 5.53. The van der Waals surface area contributed by atoms with Gasteiger partial charge in [0.1, 0.15) is 16.5 Å². The molecule has 0 saturated carbocycles. The number of furan rings is 1. The van der Waals surface area contributed by atoms with Gasteiger partial charge in [0.05, 0.1) is 24.5 Å². The van der Waals surface area contributed by atoms with Crippen LogP contribution in [0.1, 0.15) is 55.3 Å². The summed E-state index contributed by atoms with van der Waals surface area (Å²) in [6, 6.07) is 18.3. The molecule has 1 amide bonds. The molecule has 0 saturated heterocycles. The van der Waals surface area contributed by atoms with Crippen molar-refractivity contribution in [2.45, 2.75) is 32.2 Å². The lowest BCUT2D eigenvalue weighted by atomic mass is 9.95. The van der Waals surface area contributed by atoms with E-state index in [9.17, 15) is 9.59 Å². The lowest BCUT2D eigenvalue weighted by Gasteiger charge is -2.12. The second-order valence-electron chi connectivity index (χ2n) is 8.70. The van der Waals surface area contributed by atoms with Crippen LogP contribution < -0.4 is 5.32 Å². The summed E-state index contributed by atoms with van der Waals surface area (Å²) in [6.07, 6.45) is 5.63. The molecule has 2 heterocycles. The van der Waals surface area contributed by atoms with Crippen LogP contribution in [0, 0.1) is 0 Å². The molecular formula is C29H25ClN2O4S. The van der Waals surface area contributed by atoms with E-state index < -0.39 is 5.97 Å². The molecule has 188 valence electrons. The lowest BCUT2D eigenvalue weighted by Crippen LogP contribution is -2.24. The summed E-state index contributed by atoms with van der Waals surface area (Å²) in [5.41, 5.74) is 3.69. The van der Waals surface area contributed by atoms with Gasteiger partial charge in [-0.1, -0.05) is 41.9 Å². The molecule has 6 nitrogen and oxygen atoms in total. The van der Waals surface area contributed by atoms with Gasteiger partial charge < -0.3 is 14.5 Å². The summed E-state index contributed by atoms with van der Waals surface area (Å²) in [7, 11) is 1.33. The van der Waals surface area contributed by atoms with Crippen LogP contribution in [-0.2, 0) is 24.1 Å². The maximum Gasteiger partial charge on any atom is 0.338 e. The predicted octanol–water partition coefficient (Wildman–Crippen LogP) is 7.01. The topological polar surface area (TPSA) is 80.9 Å². The van der Waals surface area contributed by atoms with E-state index in [1.807, 2.05) is 30.3 Å². The lowest BCUT2D eigenvalue weighted by molar-refractivity contribution is 0.0601. The zero-order chi connectivity index (χ0) is 25.8. The van der Waals surface area contributed by atoms with Gasteiger partial charge in [-0.3, -0.25) is 4.79 Å². The molecule has 1 aliphatic carbocycles. The monoisotopic (exact) mass is 532 g/mol. The van der Waals surface area contributed by atoms with E-state index in [0.29, 0.717) is 44.8 Å². The van der Waals surface area contributed by atoms with Crippen molar-refractivity contribution >= 4 is 46.0 Å². The van der Waals surface area contributed by atoms with Crippen LogP contribution in [0.15, 0.2) is 70.1 Å². The van der Waals surface area contributed by atoms with Crippen LogP contribution in [0.2, 0.25) is 5.02 Å². The first-order valence-corrected chi connectivity index (χ1v) is 13.2. The molecular weight excluding hydrogens is 508 g/mol. The van der Waals surface area contributed by atoms with Crippen molar-refractivity contribution in [2.24, 2.45) is 4.99 Å². The fourth-order valence-corrected chi connectivity index (χ4v) is 5.84. The van der Waals surface area contributed by atoms with Crippen molar-refractivity contribution in [3.05, 3.63) is 98.6 Å². The van der Waals surface area contributed by atoms with E-state index >= 15 is 0 Å². The standard InChI is InChI=1S/C29H25ClN2O4S/c1-35-29(34)21-13-11-19(30)15-23(21)24-14-12-20(36-24)17-32-28-26(22-9-5-6-10-25(22)37-28)27(33)31-16-18-7-3-2-4-8-18/h2-4,7-8,11-15,17H,5-6,9-10,16H2,1H3,(H,31,33). The fraction of sp³-hybridized carbons (Fsp3) is 0.207. The highest BCUT2D eigenvalue weighted by Gasteiger charge is 2.25. The van der Waals surface area contributed by atoms with Crippen molar-refractivity contribution in [1.29, 1.82) is 0 Å². The molecule has 1 N–H and O–H groups in total. The number of nitrogens with one attached hydrogen (secondary N) is 1. The van der Waals surface area contributed by atoms with Gasteiger partial charge in [0.2, 0.25) is 0 Å². The molecule has 0 bridgehead atoms. The number of carbonyl (C=O) groups excluding carboxylic acids is 2. The predicted molar refractivity (Wildman–Crippen MR) is 146 cm³/mol. The number of thiophene rings is 1. The molecule has 2 aromatic carbocycles. The molecule has 5 rings (SSSR count). The van der Waals surface area contributed by atoms with Crippen molar-refractivity contribution in [2.75, 3.05) is 7.11 Å². The number of benzene rings is 2. The zero-order valence-corrected chi connectivity index (χ0v) is 21.8. The molecule has 0 unspecified atom stereocenters. The first-order valence-electron chi connectivity index (χ1n) is 12.0. The molecule has 0 radical (unpaired) electrons. The first-order chi connectivity index (χ1) is 18.0. The number of aryl methyl sites for hydroxylation is 1. The number of nitrogens with zero attached hydrogens (tertiary/aromatic N) is 1. The average molecular weight is 533 g/mol. The average Bonchev–Trinajstić information content (AvgIpc) is 3.55. The Labute approximate surface area is 224 Å². The Balaban J connectivity index is 1.42. The number of carbonyl (C=O) groups is 2. The number of hydrogen-bond donors (Lipinski definition) is 1. The maximum atomic E-state index is 13.3. The summed E-state index contributed by atoms with van der Waals surface area (Å²) in [5.74, 6) is 0.370. The second-order valence-corrected chi connectivity index (χ2v) is 10.2. The first kappa shape index (κ1) is 25.0. The number of fused-ring (bicyclic) bond motifs is 1. The third-order valence-corrected chi connectivity index (χ3v) is 7.70. The smallest absolute Gasteiger partial charge is 0.338 e. The number of amides is 1. The van der Waals surface area contributed by atoms with Crippen molar-refractivity contribution in [1.82, 2.24) is 5.32 Å². The number of methoxy groups -OCH3 is 1. The number of hydrogen-bond acceptors (Lipinski definition) is 6. The van der Waals surface area contributed by atoms with Gasteiger partial charge >= 0.3 is 5.97 Å².